The van der Waals surface area contributed by atoms with E-state index in [1.165, 1.54) is 12.1 Å². The van der Waals surface area contributed by atoms with E-state index < -0.39 is 17.2 Å². The normalized spacial score (nSPS) is 11.1. The maximum absolute atomic E-state index is 12.9. The van der Waals surface area contributed by atoms with Crippen molar-refractivity contribution >= 4 is 33.9 Å². The molecule has 0 radical (unpaired) electrons. The summed E-state index contributed by atoms with van der Waals surface area (Å²) in [4.78, 5) is 47.8. The lowest BCUT2D eigenvalue weighted by Crippen LogP contribution is -2.37. The van der Waals surface area contributed by atoms with Crippen LogP contribution in [0.2, 0.25) is 0 Å². The molecule has 9 nitrogen and oxygen atoms in total. The van der Waals surface area contributed by atoms with Crippen molar-refractivity contribution in [2.75, 3.05) is 11.9 Å². The van der Waals surface area contributed by atoms with Gasteiger partial charge in [0.1, 0.15) is 0 Å². The van der Waals surface area contributed by atoms with E-state index in [0.717, 1.165) is 15.7 Å². The Kier molecular flexibility index (Phi) is 4.78. The first-order chi connectivity index (χ1) is 14.3. The number of hydrogen-bond acceptors (Lipinski definition) is 6. The summed E-state index contributed by atoms with van der Waals surface area (Å²) < 4.78 is 1.05. The molecule has 0 saturated heterocycles. The third-order valence-corrected chi connectivity index (χ3v) is 4.97. The molecule has 0 spiro atoms. The van der Waals surface area contributed by atoms with E-state index in [-0.39, 0.29) is 29.8 Å². The van der Waals surface area contributed by atoms with Crippen molar-refractivity contribution in [3.05, 3.63) is 73.9 Å². The highest BCUT2D eigenvalue weighted by Gasteiger charge is 2.12. The molecule has 2 heterocycles. The van der Waals surface area contributed by atoms with Gasteiger partial charge in [-0.25, -0.2) is 19.6 Å². The van der Waals surface area contributed by atoms with Gasteiger partial charge < -0.3 is 10.4 Å². The van der Waals surface area contributed by atoms with Crippen LogP contribution in [0.1, 0.15) is 21.5 Å². The molecule has 0 amide bonds. The molecular formula is C21H19N5O4. The number of nitrogens with zero attached hydrogens (tertiary/aromatic N) is 3. The Labute approximate surface area is 170 Å². The maximum Gasteiger partial charge on any atom is 0.335 e. The summed E-state index contributed by atoms with van der Waals surface area (Å²) in [6.45, 7) is 4.24. The van der Waals surface area contributed by atoms with Crippen molar-refractivity contribution in [3.63, 3.8) is 0 Å². The van der Waals surface area contributed by atoms with E-state index in [4.69, 9.17) is 5.11 Å². The third-order valence-electron chi connectivity index (χ3n) is 4.97. The predicted octanol–water partition coefficient (Wildman–Crippen LogP) is 2.06. The quantitative estimate of drug-likeness (QED) is 0.433. The maximum atomic E-state index is 12.9. The van der Waals surface area contributed by atoms with Crippen LogP contribution in [0.3, 0.4) is 0 Å². The summed E-state index contributed by atoms with van der Waals surface area (Å²) in [7, 11) is 0. The van der Waals surface area contributed by atoms with Gasteiger partial charge in [0, 0.05) is 18.8 Å². The van der Waals surface area contributed by atoms with Gasteiger partial charge in [-0.15, -0.1) is 0 Å². The van der Waals surface area contributed by atoms with Crippen molar-refractivity contribution in [2.45, 2.75) is 20.4 Å². The number of aromatic carboxylic acids is 1. The van der Waals surface area contributed by atoms with Gasteiger partial charge in [-0.1, -0.05) is 6.07 Å². The van der Waals surface area contributed by atoms with Crippen LogP contribution < -0.4 is 16.6 Å². The number of aromatic nitrogens is 4. The van der Waals surface area contributed by atoms with Gasteiger partial charge in [0.2, 0.25) is 0 Å². The zero-order valence-corrected chi connectivity index (χ0v) is 16.4. The highest BCUT2D eigenvalue weighted by molar-refractivity contribution is 5.88. The van der Waals surface area contributed by atoms with Gasteiger partial charge in [0.15, 0.2) is 11.2 Å². The Morgan fingerprint density at radius 1 is 1.10 bits per heavy atom. The molecule has 30 heavy (non-hydrogen) atoms. The molecule has 2 aromatic carbocycles. The van der Waals surface area contributed by atoms with Crippen LogP contribution in [0.5, 0.6) is 0 Å². The number of aryl methyl sites for hydroxylation is 2. The first kappa shape index (κ1) is 19.3. The standard InChI is InChI=1S/C21H19N5O4/c1-11-8-15-16(9-12(11)2)24-18-17(23-15)19(27)26(21(30)25-18)7-6-22-14-5-3-4-13(10-14)20(28)29/h3-5,8-10,22H,6-7H2,1-2H3,(H,28,29)(H,24,25,30). The Morgan fingerprint density at radius 2 is 1.80 bits per heavy atom. The fourth-order valence-electron chi connectivity index (χ4n) is 3.21. The van der Waals surface area contributed by atoms with Crippen molar-refractivity contribution in [3.8, 4) is 0 Å². The average Bonchev–Trinajstić information content (AvgIpc) is 2.71. The van der Waals surface area contributed by atoms with E-state index in [1.807, 2.05) is 26.0 Å². The van der Waals surface area contributed by atoms with Gasteiger partial charge in [-0.05, 0) is 55.3 Å². The van der Waals surface area contributed by atoms with Crippen molar-refractivity contribution in [1.82, 2.24) is 19.5 Å². The molecule has 152 valence electrons. The van der Waals surface area contributed by atoms with Gasteiger partial charge in [0.05, 0.1) is 16.6 Å². The first-order valence-corrected chi connectivity index (χ1v) is 9.32. The van der Waals surface area contributed by atoms with Crippen LogP contribution in [-0.2, 0) is 6.54 Å². The van der Waals surface area contributed by atoms with Crippen LogP contribution in [0, 0.1) is 13.8 Å². The summed E-state index contributed by atoms with van der Waals surface area (Å²) in [5.74, 6) is -1.03. The molecule has 0 bridgehead atoms. The lowest BCUT2D eigenvalue weighted by atomic mass is 10.1. The van der Waals surface area contributed by atoms with E-state index in [0.29, 0.717) is 16.7 Å². The number of benzene rings is 2. The lowest BCUT2D eigenvalue weighted by Gasteiger charge is -2.10. The lowest BCUT2D eigenvalue weighted by molar-refractivity contribution is 0.0697. The van der Waals surface area contributed by atoms with E-state index in [9.17, 15) is 14.4 Å². The molecule has 3 N–H and O–H groups in total. The molecule has 0 aliphatic heterocycles. The molecule has 2 aromatic heterocycles. The largest absolute Gasteiger partial charge is 0.478 e. The van der Waals surface area contributed by atoms with Crippen LogP contribution in [0.15, 0.2) is 46.0 Å². The molecule has 0 aliphatic carbocycles. The molecule has 0 saturated carbocycles. The van der Waals surface area contributed by atoms with Gasteiger partial charge in [-0.3, -0.25) is 14.3 Å². The number of carbonyl (C=O) groups is 1. The monoisotopic (exact) mass is 405 g/mol. The Balaban J connectivity index is 1.66. The fourth-order valence-corrected chi connectivity index (χ4v) is 3.21. The number of nitrogens with one attached hydrogen (secondary N) is 2. The number of carboxylic acids is 1. The van der Waals surface area contributed by atoms with Crippen LogP contribution in [0.4, 0.5) is 5.69 Å². The smallest absolute Gasteiger partial charge is 0.335 e. The number of aromatic amines is 1. The summed E-state index contributed by atoms with van der Waals surface area (Å²) in [5, 5.41) is 12.1. The minimum atomic E-state index is -1.03. The molecule has 0 fully saturated rings. The number of rotatable bonds is 5. The second-order valence-corrected chi connectivity index (χ2v) is 7.05. The van der Waals surface area contributed by atoms with Crippen molar-refractivity contribution < 1.29 is 9.90 Å². The average molecular weight is 405 g/mol. The number of H-pyrrole nitrogens is 1. The van der Waals surface area contributed by atoms with E-state index in [2.05, 4.69) is 20.3 Å². The molecule has 4 rings (SSSR count). The van der Waals surface area contributed by atoms with E-state index >= 15 is 0 Å². The van der Waals surface area contributed by atoms with Crippen molar-refractivity contribution in [1.29, 1.82) is 0 Å². The molecule has 0 unspecified atom stereocenters. The van der Waals surface area contributed by atoms with Gasteiger partial charge in [-0.2, -0.15) is 0 Å². The van der Waals surface area contributed by atoms with Gasteiger partial charge in [0.25, 0.3) is 5.56 Å². The Bertz CT molecular complexity index is 1420. The predicted molar refractivity (Wildman–Crippen MR) is 113 cm³/mol. The SMILES string of the molecule is Cc1cc2nc3[nH]c(=O)n(CCNc4cccc(C(=O)O)c4)c(=O)c3nc2cc1C. The zero-order valence-electron chi connectivity index (χ0n) is 16.4. The number of fused-ring (bicyclic) bond motifs is 2. The molecule has 9 heteroatoms. The molecule has 0 aliphatic rings. The molecular weight excluding hydrogens is 386 g/mol. The fraction of sp³-hybridized carbons (Fsp3) is 0.190. The zero-order chi connectivity index (χ0) is 21.4. The highest BCUT2D eigenvalue weighted by atomic mass is 16.4. The number of anilines is 1. The summed E-state index contributed by atoms with van der Waals surface area (Å²) in [6, 6.07) is 10.0. The van der Waals surface area contributed by atoms with Crippen LogP contribution >= 0.6 is 0 Å². The molecule has 0 atom stereocenters. The summed E-state index contributed by atoms with van der Waals surface area (Å²) >= 11 is 0. The van der Waals surface area contributed by atoms with Crippen molar-refractivity contribution in [2.24, 2.45) is 0 Å². The van der Waals surface area contributed by atoms with Crippen LogP contribution in [-0.4, -0.2) is 37.1 Å². The topological polar surface area (TPSA) is 130 Å². The Hall–Kier alpha value is -4.01. The van der Waals surface area contributed by atoms with E-state index in [1.54, 1.807) is 12.1 Å². The molecule has 4 aromatic rings. The number of carboxylic acid groups (broad SMARTS) is 1. The third kappa shape index (κ3) is 3.52. The second kappa shape index (κ2) is 7.43. The highest BCUT2D eigenvalue weighted by Crippen LogP contribution is 2.17. The minimum absolute atomic E-state index is 0.0774. The van der Waals surface area contributed by atoms with Crippen LogP contribution in [0.25, 0.3) is 22.2 Å². The second-order valence-electron chi connectivity index (χ2n) is 7.05. The van der Waals surface area contributed by atoms with Gasteiger partial charge >= 0.3 is 11.7 Å². The minimum Gasteiger partial charge on any atom is -0.478 e. The first-order valence-electron chi connectivity index (χ1n) is 9.32. The summed E-state index contributed by atoms with van der Waals surface area (Å²) in [5.41, 5.74) is 3.15. The number of hydrogen-bond donors (Lipinski definition) is 3. The Morgan fingerprint density at radius 3 is 2.50 bits per heavy atom. The summed E-state index contributed by atoms with van der Waals surface area (Å²) in [6.07, 6.45) is 0.